The molecule has 0 aliphatic heterocycles. The van der Waals surface area contributed by atoms with Gasteiger partial charge < -0.3 is 21.3 Å². The molecule has 0 spiro atoms. The lowest BCUT2D eigenvalue weighted by molar-refractivity contribution is -0.129. The number of primary amides is 1. The highest BCUT2D eigenvalue weighted by atomic mass is 32.2. The van der Waals surface area contributed by atoms with Crippen molar-refractivity contribution in [1.82, 2.24) is 5.32 Å². The number of rotatable bonds is 6. The van der Waals surface area contributed by atoms with Crippen molar-refractivity contribution in [2.75, 3.05) is 0 Å². The molecule has 2 amide bonds. The van der Waals surface area contributed by atoms with Crippen LogP contribution in [0.5, 0.6) is 0 Å². The van der Waals surface area contributed by atoms with Gasteiger partial charge in [0.05, 0.1) is 24.0 Å². The van der Waals surface area contributed by atoms with Crippen LogP contribution in [0.3, 0.4) is 0 Å². The molecule has 0 radical (unpaired) electrons. The van der Waals surface area contributed by atoms with Crippen molar-refractivity contribution in [3.05, 3.63) is 35.9 Å². The first-order chi connectivity index (χ1) is 11.7. The van der Waals surface area contributed by atoms with Gasteiger partial charge in [0, 0.05) is 0 Å². The second-order valence-electron chi connectivity index (χ2n) is 6.18. The molecule has 2 rings (SSSR count). The molecule has 9 heteroatoms. The minimum atomic E-state index is -4.21. The highest BCUT2D eigenvalue weighted by Crippen LogP contribution is 2.20. The third kappa shape index (κ3) is 4.77. The Bertz CT molecular complexity index is 711. The lowest BCUT2D eigenvalue weighted by Crippen LogP contribution is -2.58. The number of nitrogens with one attached hydrogen (secondary N) is 1. The highest BCUT2D eigenvalue weighted by molar-refractivity contribution is 7.92. The summed E-state index contributed by atoms with van der Waals surface area (Å²) in [5.74, 6) is -2.95. The van der Waals surface area contributed by atoms with Crippen molar-refractivity contribution >= 4 is 21.7 Å². The maximum atomic E-state index is 12.5. The molecule has 0 saturated heterocycles. The lowest BCUT2D eigenvalue weighted by Gasteiger charge is -2.33. The van der Waals surface area contributed by atoms with Crippen molar-refractivity contribution in [1.29, 1.82) is 0 Å². The molecule has 25 heavy (non-hydrogen) atoms. The minimum absolute atomic E-state index is 0.361. The zero-order chi connectivity index (χ0) is 18.6. The van der Waals surface area contributed by atoms with Gasteiger partial charge in [0.25, 0.3) is 0 Å². The molecule has 0 aromatic heterocycles. The maximum absolute atomic E-state index is 12.5. The Morgan fingerprint density at radius 3 is 2.24 bits per heavy atom. The van der Waals surface area contributed by atoms with E-state index in [0.29, 0.717) is 24.8 Å². The average molecular weight is 370 g/mol. The first-order valence-electron chi connectivity index (χ1n) is 7.93. The predicted molar refractivity (Wildman–Crippen MR) is 89.8 cm³/mol. The molecular weight excluding hydrogens is 348 g/mol. The second kappa shape index (κ2) is 7.94. The molecule has 1 fully saturated rings. The summed E-state index contributed by atoms with van der Waals surface area (Å²) >= 11 is 0. The predicted octanol–water partition coefficient (Wildman–Crippen LogP) is -1.15. The molecule has 3 atom stereocenters. The molecule has 138 valence electrons. The van der Waals surface area contributed by atoms with Crippen LogP contribution in [0.25, 0.3) is 0 Å². The van der Waals surface area contributed by atoms with Gasteiger partial charge in [0.15, 0.2) is 9.84 Å². The van der Waals surface area contributed by atoms with E-state index in [1.54, 1.807) is 30.3 Å². The first-order valence-corrected chi connectivity index (χ1v) is 9.65. The number of hydrogen-bond acceptors (Lipinski definition) is 6. The summed E-state index contributed by atoms with van der Waals surface area (Å²) in [5.41, 5.74) is 5.56. The molecule has 1 aromatic carbocycles. The number of aliphatic hydroxyl groups excluding tert-OH is 2. The first kappa shape index (κ1) is 19.4. The summed E-state index contributed by atoms with van der Waals surface area (Å²) in [6, 6.07) is 7.07. The summed E-state index contributed by atoms with van der Waals surface area (Å²) < 4.78 is 25.0. The van der Waals surface area contributed by atoms with Gasteiger partial charge >= 0.3 is 0 Å². The SMILES string of the molecule is NC(=O)[C@H](C(=O)NC1C(O)CCCC1O)S(=O)(=O)Cc1ccccc1. The number of hydrogen-bond donors (Lipinski definition) is 4. The maximum Gasteiger partial charge on any atom is 0.248 e. The standard InChI is InChI=1S/C16H22N2O6S/c17-15(21)14(25(23,24)9-10-5-2-1-3-6-10)16(22)18-13-11(19)7-4-8-12(13)20/h1-3,5-6,11-14,19-20H,4,7-9H2,(H2,17,21)(H,18,22)/t11?,12?,13?,14-/m1/s1. The van der Waals surface area contributed by atoms with Gasteiger partial charge in [-0.25, -0.2) is 8.42 Å². The number of carbonyl (C=O) groups excluding carboxylic acids is 2. The van der Waals surface area contributed by atoms with E-state index >= 15 is 0 Å². The molecular formula is C16H22N2O6S. The molecule has 8 nitrogen and oxygen atoms in total. The third-order valence-corrected chi connectivity index (χ3v) is 6.10. The van der Waals surface area contributed by atoms with Crippen LogP contribution in [-0.4, -0.2) is 53.9 Å². The van der Waals surface area contributed by atoms with Crippen LogP contribution >= 0.6 is 0 Å². The second-order valence-corrected chi connectivity index (χ2v) is 8.26. The Kier molecular flexibility index (Phi) is 6.15. The van der Waals surface area contributed by atoms with Crippen LogP contribution in [0.4, 0.5) is 0 Å². The number of aliphatic hydroxyl groups is 2. The van der Waals surface area contributed by atoms with E-state index in [4.69, 9.17) is 5.73 Å². The molecule has 1 aliphatic rings. The van der Waals surface area contributed by atoms with E-state index in [2.05, 4.69) is 5.32 Å². The molecule has 0 bridgehead atoms. The smallest absolute Gasteiger partial charge is 0.248 e. The summed E-state index contributed by atoms with van der Waals surface area (Å²) in [5, 5.41) is 20.0. The van der Waals surface area contributed by atoms with E-state index in [0.717, 1.165) is 0 Å². The zero-order valence-corrected chi connectivity index (χ0v) is 14.4. The topological polar surface area (TPSA) is 147 Å². The van der Waals surface area contributed by atoms with Gasteiger partial charge in [-0.1, -0.05) is 30.3 Å². The zero-order valence-electron chi connectivity index (χ0n) is 13.5. The number of sulfone groups is 1. The van der Waals surface area contributed by atoms with E-state index in [-0.39, 0.29) is 0 Å². The summed E-state index contributed by atoms with van der Waals surface area (Å²) in [7, 11) is -4.21. The van der Waals surface area contributed by atoms with Gasteiger partial charge in [-0.2, -0.15) is 0 Å². The number of carbonyl (C=O) groups is 2. The Morgan fingerprint density at radius 1 is 1.16 bits per heavy atom. The van der Waals surface area contributed by atoms with Crippen molar-refractivity contribution < 1.29 is 28.2 Å². The molecule has 2 unspecified atom stereocenters. The fourth-order valence-corrected chi connectivity index (χ4v) is 4.52. The van der Waals surface area contributed by atoms with Crippen molar-refractivity contribution in [3.63, 3.8) is 0 Å². The van der Waals surface area contributed by atoms with Gasteiger partial charge in [-0.15, -0.1) is 0 Å². The highest BCUT2D eigenvalue weighted by Gasteiger charge is 2.41. The van der Waals surface area contributed by atoms with Crippen LogP contribution in [0.2, 0.25) is 0 Å². The van der Waals surface area contributed by atoms with E-state index in [9.17, 15) is 28.2 Å². The van der Waals surface area contributed by atoms with Crippen LogP contribution < -0.4 is 11.1 Å². The largest absolute Gasteiger partial charge is 0.391 e. The monoisotopic (exact) mass is 370 g/mol. The summed E-state index contributed by atoms with van der Waals surface area (Å²) in [4.78, 5) is 24.0. The average Bonchev–Trinajstić information content (AvgIpc) is 2.51. The van der Waals surface area contributed by atoms with Gasteiger partial charge in [0.1, 0.15) is 0 Å². The number of benzene rings is 1. The number of nitrogens with two attached hydrogens (primary N) is 1. The Hall–Kier alpha value is -1.97. The quantitative estimate of drug-likeness (QED) is 0.465. The number of amides is 2. The molecule has 1 aliphatic carbocycles. The fraction of sp³-hybridized carbons (Fsp3) is 0.500. The Labute approximate surface area is 146 Å². The van der Waals surface area contributed by atoms with Crippen LogP contribution in [0.1, 0.15) is 24.8 Å². The van der Waals surface area contributed by atoms with Crippen LogP contribution in [-0.2, 0) is 25.2 Å². The van der Waals surface area contributed by atoms with Crippen LogP contribution in [0.15, 0.2) is 30.3 Å². The molecule has 5 N–H and O–H groups in total. The van der Waals surface area contributed by atoms with E-state index < -0.39 is 50.9 Å². The lowest BCUT2D eigenvalue weighted by atomic mass is 9.90. The molecule has 0 heterocycles. The van der Waals surface area contributed by atoms with Gasteiger partial charge in [0.2, 0.25) is 17.1 Å². The van der Waals surface area contributed by atoms with Crippen molar-refractivity contribution in [3.8, 4) is 0 Å². The fourth-order valence-electron chi connectivity index (χ4n) is 2.94. The van der Waals surface area contributed by atoms with E-state index in [1.165, 1.54) is 0 Å². The Balaban J connectivity index is 2.18. The van der Waals surface area contributed by atoms with Crippen LogP contribution in [0, 0.1) is 0 Å². The molecule has 1 saturated carbocycles. The van der Waals surface area contributed by atoms with Gasteiger partial charge in [-0.05, 0) is 24.8 Å². The third-order valence-electron chi connectivity index (χ3n) is 4.20. The molecule has 1 aromatic rings. The van der Waals surface area contributed by atoms with Crippen molar-refractivity contribution in [2.45, 2.75) is 48.5 Å². The Morgan fingerprint density at radius 2 is 1.72 bits per heavy atom. The summed E-state index contributed by atoms with van der Waals surface area (Å²) in [6.07, 6.45) is -0.726. The minimum Gasteiger partial charge on any atom is -0.391 e. The van der Waals surface area contributed by atoms with Gasteiger partial charge in [-0.3, -0.25) is 9.59 Å². The summed E-state index contributed by atoms with van der Waals surface area (Å²) in [6.45, 7) is 0. The van der Waals surface area contributed by atoms with E-state index in [1.807, 2.05) is 0 Å². The van der Waals surface area contributed by atoms with Crippen molar-refractivity contribution in [2.24, 2.45) is 5.73 Å². The normalized spacial score (nSPS) is 25.1.